The minimum absolute atomic E-state index is 0.182. The molecule has 0 amide bonds. The summed E-state index contributed by atoms with van der Waals surface area (Å²) in [6, 6.07) is 0. The highest BCUT2D eigenvalue weighted by atomic mass is 35.5. The third kappa shape index (κ3) is 2.16. The van der Waals surface area contributed by atoms with Gasteiger partial charge in [0.2, 0.25) is 10.0 Å². The van der Waals surface area contributed by atoms with Crippen LogP contribution in [0.3, 0.4) is 0 Å². The second-order valence-electron chi connectivity index (χ2n) is 3.87. The van der Waals surface area contributed by atoms with Crippen molar-refractivity contribution in [2.24, 2.45) is 7.05 Å². The highest BCUT2D eigenvalue weighted by molar-refractivity contribution is 7.89. The Labute approximate surface area is 93.5 Å². The minimum Gasteiger partial charge on any atom is -0.274 e. The monoisotopic (exact) mass is 249 g/mol. The molecule has 2 rings (SSSR count). The molecule has 5 nitrogen and oxygen atoms in total. The Hall–Kier alpha value is -0.590. The summed E-state index contributed by atoms with van der Waals surface area (Å²) in [5.74, 6) is 0.312. The molecule has 0 atom stereocenters. The van der Waals surface area contributed by atoms with Crippen molar-refractivity contribution in [2.45, 2.75) is 23.3 Å². The van der Waals surface area contributed by atoms with Gasteiger partial charge in [0.05, 0.1) is 6.20 Å². The van der Waals surface area contributed by atoms with E-state index in [1.165, 1.54) is 17.1 Å². The summed E-state index contributed by atoms with van der Waals surface area (Å²) < 4.78 is 27.7. The first kappa shape index (κ1) is 10.9. The number of sulfonamides is 1. The molecule has 0 radical (unpaired) electrons. The van der Waals surface area contributed by atoms with Gasteiger partial charge in [-0.3, -0.25) is 4.68 Å². The summed E-state index contributed by atoms with van der Waals surface area (Å²) in [6.07, 6.45) is 4.39. The van der Waals surface area contributed by atoms with E-state index in [1.807, 2.05) is 0 Å². The van der Waals surface area contributed by atoms with Crippen molar-refractivity contribution in [3.05, 3.63) is 12.4 Å². The maximum atomic E-state index is 11.8. The lowest BCUT2D eigenvalue weighted by atomic mass is 10.4. The number of hydrogen-bond acceptors (Lipinski definition) is 3. The third-order valence-corrected chi connectivity index (χ3v) is 4.50. The highest BCUT2D eigenvalue weighted by Crippen LogP contribution is 2.37. The average Bonchev–Trinajstić information content (AvgIpc) is 2.78. The van der Waals surface area contributed by atoms with Gasteiger partial charge in [-0.05, 0) is 12.8 Å². The second-order valence-corrected chi connectivity index (χ2v) is 5.82. The lowest BCUT2D eigenvalue weighted by Crippen LogP contribution is -2.38. The van der Waals surface area contributed by atoms with Crippen molar-refractivity contribution in [2.75, 3.05) is 5.88 Å². The maximum Gasteiger partial charge on any atom is 0.244 e. The van der Waals surface area contributed by atoms with Crippen LogP contribution in [0.1, 0.15) is 12.8 Å². The van der Waals surface area contributed by atoms with Gasteiger partial charge in [-0.1, -0.05) is 0 Å². The van der Waals surface area contributed by atoms with Gasteiger partial charge in [0.25, 0.3) is 0 Å². The number of hydrogen-bond donors (Lipinski definition) is 1. The SMILES string of the molecule is Cn1cc(S(=O)(=O)NC2(CCl)CC2)cn1. The quantitative estimate of drug-likeness (QED) is 0.789. The zero-order valence-corrected chi connectivity index (χ0v) is 9.85. The van der Waals surface area contributed by atoms with E-state index in [-0.39, 0.29) is 4.90 Å². The fraction of sp³-hybridized carbons (Fsp3) is 0.625. The fourth-order valence-electron chi connectivity index (χ4n) is 1.30. The van der Waals surface area contributed by atoms with Crippen molar-refractivity contribution < 1.29 is 8.42 Å². The van der Waals surface area contributed by atoms with E-state index in [1.54, 1.807) is 7.05 Å². The van der Waals surface area contributed by atoms with Crippen molar-refractivity contribution in [1.82, 2.24) is 14.5 Å². The summed E-state index contributed by atoms with van der Waals surface area (Å²) in [6.45, 7) is 0. The van der Waals surface area contributed by atoms with E-state index in [2.05, 4.69) is 9.82 Å². The van der Waals surface area contributed by atoms with Crippen LogP contribution in [0.2, 0.25) is 0 Å². The highest BCUT2D eigenvalue weighted by Gasteiger charge is 2.45. The predicted molar refractivity (Wildman–Crippen MR) is 56.2 cm³/mol. The summed E-state index contributed by atoms with van der Waals surface area (Å²) in [5, 5.41) is 3.82. The molecule has 1 aliphatic carbocycles. The first-order chi connectivity index (χ1) is 6.97. The summed E-state index contributed by atoms with van der Waals surface area (Å²) >= 11 is 5.71. The van der Waals surface area contributed by atoms with E-state index in [9.17, 15) is 8.42 Å². The molecule has 1 aromatic rings. The molecule has 1 N–H and O–H groups in total. The topological polar surface area (TPSA) is 64.0 Å². The first-order valence-electron chi connectivity index (χ1n) is 4.56. The largest absolute Gasteiger partial charge is 0.274 e. The molecule has 84 valence electrons. The van der Waals surface area contributed by atoms with E-state index in [0.29, 0.717) is 5.88 Å². The predicted octanol–water partition coefficient (Wildman–Crippen LogP) is 0.470. The van der Waals surface area contributed by atoms with Gasteiger partial charge in [0, 0.05) is 24.7 Å². The molecule has 0 aliphatic heterocycles. The summed E-state index contributed by atoms with van der Waals surface area (Å²) in [4.78, 5) is 0.182. The standard InChI is InChI=1S/C8H12ClN3O2S/c1-12-5-7(4-10-12)15(13,14)11-8(6-9)2-3-8/h4-5,11H,2-3,6H2,1H3. The number of aryl methyl sites for hydroxylation is 1. The molecule has 1 aliphatic rings. The summed E-state index contributed by atoms with van der Waals surface area (Å²) in [5.41, 5.74) is -0.420. The Bertz CT molecular complexity index is 464. The Balaban J connectivity index is 2.21. The number of aromatic nitrogens is 2. The van der Waals surface area contributed by atoms with Crippen LogP contribution in [-0.4, -0.2) is 29.6 Å². The smallest absolute Gasteiger partial charge is 0.244 e. The van der Waals surface area contributed by atoms with Gasteiger partial charge < -0.3 is 0 Å². The van der Waals surface area contributed by atoms with E-state index >= 15 is 0 Å². The summed E-state index contributed by atoms with van der Waals surface area (Å²) in [7, 11) is -1.79. The number of rotatable bonds is 4. The van der Waals surface area contributed by atoms with Gasteiger partial charge in [0.1, 0.15) is 4.90 Å². The molecule has 0 aromatic carbocycles. The van der Waals surface area contributed by atoms with Crippen molar-refractivity contribution in [3.63, 3.8) is 0 Å². The van der Waals surface area contributed by atoms with E-state index in [4.69, 9.17) is 11.6 Å². The van der Waals surface area contributed by atoms with Crippen LogP contribution >= 0.6 is 11.6 Å². The van der Waals surface area contributed by atoms with Crippen molar-refractivity contribution in [1.29, 1.82) is 0 Å². The van der Waals surface area contributed by atoms with Gasteiger partial charge in [-0.25, -0.2) is 13.1 Å². The molecule has 0 saturated heterocycles. The van der Waals surface area contributed by atoms with Gasteiger partial charge >= 0.3 is 0 Å². The lowest BCUT2D eigenvalue weighted by molar-refractivity contribution is 0.559. The number of alkyl halides is 1. The molecule has 15 heavy (non-hydrogen) atoms. The molecular formula is C8H12ClN3O2S. The minimum atomic E-state index is -3.46. The number of nitrogens with one attached hydrogen (secondary N) is 1. The average molecular weight is 250 g/mol. The zero-order chi connectivity index (χ0) is 11.1. The number of nitrogens with zero attached hydrogens (tertiary/aromatic N) is 2. The van der Waals surface area contributed by atoms with Crippen LogP contribution < -0.4 is 4.72 Å². The van der Waals surface area contributed by atoms with Crippen LogP contribution in [0.4, 0.5) is 0 Å². The van der Waals surface area contributed by atoms with Gasteiger partial charge in [-0.15, -0.1) is 11.6 Å². The third-order valence-electron chi connectivity index (χ3n) is 2.45. The molecule has 1 heterocycles. The van der Waals surface area contributed by atoms with E-state index in [0.717, 1.165) is 12.8 Å². The Morgan fingerprint density at radius 1 is 1.67 bits per heavy atom. The van der Waals surface area contributed by atoms with Gasteiger partial charge in [0.15, 0.2) is 0 Å². The first-order valence-corrected chi connectivity index (χ1v) is 6.58. The lowest BCUT2D eigenvalue weighted by Gasteiger charge is -2.12. The number of halogens is 1. The Morgan fingerprint density at radius 3 is 2.73 bits per heavy atom. The molecule has 0 spiro atoms. The van der Waals surface area contributed by atoms with E-state index < -0.39 is 15.6 Å². The molecule has 1 fully saturated rings. The molecule has 0 bridgehead atoms. The van der Waals surface area contributed by atoms with Crippen LogP contribution in [0, 0.1) is 0 Å². The molecule has 1 saturated carbocycles. The van der Waals surface area contributed by atoms with Crippen LogP contribution in [-0.2, 0) is 17.1 Å². The fourth-order valence-corrected chi connectivity index (χ4v) is 3.15. The molecule has 1 aromatic heterocycles. The van der Waals surface area contributed by atoms with Gasteiger partial charge in [-0.2, -0.15) is 5.10 Å². The van der Waals surface area contributed by atoms with Crippen LogP contribution in [0.15, 0.2) is 17.3 Å². The normalized spacial score (nSPS) is 19.1. The zero-order valence-electron chi connectivity index (χ0n) is 8.27. The Morgan fingerprint density at radius 2 is 2.33 bits per heavy atom. The van der Waals surface area contributed by atoms with Crippen LogP contribution in [0.25, 0.3) is 0 Å². The maximum absolute atomic E-state index is 11.8. The van der Waals surface area contributed by atoms with Crippen LogP contribution in [0.5, 0.6) is 0 Å². The molecular weight excluding hydrogens is 238 g/mol. The molecule has 0 unspecified atom stereocenters. The van der Waals surface area contributed by atoms with Crippen molar-refractivity contribution >= 4 is 21.6 Å². The second kappa shape index (κ2) is 3.47. The van der Waals surface area contributed by atoms with Crippen molar-refractivity contribution in [3.8, 4) is 0 Å². The molecule has 7 heteroatoms. The Kier molecular flexibility index (Phi) is 2.52.